The van der Waals surface area contributed by atoms with Gasteiger partial charge in [0.15, 0.2) is 0 Å². The van der Waals surface area contributed by atoms with Crippen molar-refractivity contribution in [2.24, 2.45) is 0 Å². The third-order valence-electron chi connectivity index (χ3n) is 9.48. The van der Waals surface area contributed by atoms with Gasteiger partial charge < -0.3 is 24.6 Å². The summed E-state index contributed by atoms with van der Waals surface area (Å²) in [5.74, 6) is -3.11. The van der Waals surface area contributed by atoms with Crippen molar-refractivity contribution >= 4 is 35.3 Å². The molecule has 0 saturated heterocycles. The zero-order chi connectivity index (χ0) is 40.2. The van der Waals surface area contributed by atoms with Crippen LogP contribution in [-0.4, -0.2) is 67.2 Å². The minimum absolute atomic E-state index is 0.0525. The van der Waals surface area contributed by atoms with Crippen LogP contribution >= 0.6 is 0 Å². The molecule has 0 aromatic heterocycles. The monoisotopic (exact) mass is 763 g/mol. The predicted molar refractivity (Wildman–Crippen MR) is 200 cm³/mol. The van der Waals surface area contributed by atoms with E-state index in [0.29, 0.717) is 22.3 Å². The molecule has 0 fully saturated rings. The first-order valence-electron chi connectivity index (χ1n) is 17.4. The van der Waals surface area contributed by atoms with Crippen LogP contribution in [-0.2, 0) is 43.8 Å². The molecular weight excluding hydrogens is 727 g/mol. The van der Waals surface area contributed by atoms with Crippen LogP contribution in [0.15, 0.2) is 121 Å². The number of esters is 2. The molecule has 3 amide bonds. The van der Waals surface area contributed by atoms with Gasteiger partial charge in [-0.05, 0) is 58.7 Å². The Bertz CT molecular complexity index is 2310. The number of benzene rings is 5. The van der Waals surface area contributed by atoms with Gasteiger partial charge >= 0.3 is 18.1 Å². The number of anilines is 1. The summed E-state index contributed by atoms with van der Waals surface area (Å²) < 4.78 is 50.9. The number of rotatable bonds is 11. The van der Waals surface area contributed by atoms with E-state index in [1.165, 1.54) is 67.3 Å². The molecule has 13 heteroatoms. The van der Waals surface area contributed by atoms with Gasteiger partial charge in [0.25, 0.3) is 17.7 Å². The zero-order valence-electron chi connectivity index (χ0n) is 30.6. The van der Waals surface area contributed by atoms with E-state index in [2.05, 4.69) is 5.32 Å². The van der Waals surface area contributed by atoms with Crippen molar-refractivity contribution in [1.82, 2.24) is 9.80 Å². The second-order valence-electron chi connectivity index (χ2n) is 13.3. The molecule has 1 aliphatic heterocycles. The second-order valence-corrected chi connectivity index (χ2v) is 13.3. The maximum absolute atomic E-state index is 13.9. The average molecular weight is 764 g/mol. The number of carbonyl (C=O) groups is 5. The Labute approximate surface area is 320 Å². The smallest absolute Gasteiger partial charge is 0.416 e. The quantitative estimate of drug-likeness (QED) is 0.142. The van der Waals surface area contributed by atoms with Crippen LogP contribution in [0.25, 0.3) is 11.1 Å². The fraction of sp³-hybridized carbons (Fsp3) is 0.186. The lowest BCUT2D eigenvalue weighted by Gasteiger charge is -2.33. The van der Waals surface area contributed by atoms with Crippen LogP contribution in [0.4, 0.5) is 18.9 Å². The second kappa shape index (κ2) is 15.9. The average Bonchev–Trinajstić information content (AvgIpc) is 3.42. The van der Waals surface area contributed by atoms with Gasteiger partial charge in [-0.3, -0.25) is 19.2 Å². The summed E-state index contributed by atoms with van der Waals surface area (Å²) in [6, 6.07) is 30.7. The van der Waals surface area contributed by atoms with E-state index in [0.717, 1.165) is 17.7 Å². The summed E-state index contributed by atoms with van der Waals surface area (Å²) in [5.41, 5.74) is 0.151. The Kier molecular flexibility index (Phi) is 11.1. The summed E-state index contributed by atoms with van der Waals surface area (Å²) in [4.78, 5) is 70.1. The van der Waals surface area contributed by atoms with E-state index < -0.39 is 53.5 Å². The van der Waals surface area contributed by atoms with Crippen LogP contribution in [0.1, 0.15) is 53.3 Å². The fourth-order valence-electron chi connectivity index (χ4n) is 6.48. The number of hydrogen-bond acceptors (Lipinski definition) is 7. The summed E-state index contributed by atoms with van der Waals surface area (Å²) in [7, 11) is 4.47. The molecule has 0 aliphatic carbocycles. The van der Waals surface area contributed by atoms with E-state index in [1.54, 1.807) is 66.7 Å². The molecule has 5 aromatic carbocycles. The third-order valence-corrected chi connectivity index (χ3v) is 9.48. The number of nitrogens with one attached hydrogen (secondary N) is 1. The molecule has 1 unspecified atom stereocenters. The topological polar surface area (TPSA) is 122 Å². The number of likely N-dealkylation sites (N-methyl/N-ethyl adjacent to an activating group) is 1. The molecule has 0 radical (unpaired) electrons. The number of nitrogens with zero attached hydrogens (tertiary/aromatic N) is 2. The van der Waals surface area contributed by atoms with Gasteiger partial charge in [-0.2, -0.15) is 13.2 Å². The molecule has 1 aliphatic rings. The normalized spacial score (nSPS) is 14.8. The van der Waals surface area contributed by atoms with Crippen molar-refractivity contribution in [2.45, 2.75) is 24.7 Å². The summed E-state index contributed by atoms with van der Waals surface area (Å²) >= 11 is 0. The molecule has 0 spiro atoms. The molecule has 1 atom stereocenters. The lowest BCUT2D eigenvalue weighted by atomic mass is 9.90. The number of hydrogen-bond donors (Lipinski definition) is 1. The lowest BCUT2D eigenvalue weighted by molar-refractivity contribution is -0.165. The maximum Gasteiger partial charge on any atom is 0.416 e. The van der Waals surface area contributed by atoms with Crippen LogP contribution in [0.3, 0.4) is 0 Å². The number of ether oxygens (including phenoxy) is 2. The maximum atomic E-state index is 13.9. The van der Waals surface area contributed by atoms with E-state index in [4.69, 9.17) is 9.47 Å². The summed E-state index contributed by atoms with van der Waals surface area (Å²) in [6.45, 7) is -0.625. The van der Waals surface area contributed by atoms with Gasteiger partial charge in [-0.25, -0.2) is 4.79 Å². The highest BCUT2D eigenvalue weighted by Crippen LogP contribution is 2.40. The minimum Gasteiger partial charge on any atom is -0.462 e. The van der Waals surface area contributed by atoms with Gasteiger partial charge in [-0.1, -0.05) is 84.9 Å². The van der Waals surface area contributed by atoms with Gasteiger partial charge in [0, 0.05) is 37.8 Å². The minimum atomic E-state index is -4.52. The number of carbonyl (C=O) groups excluding carboxylic acids is 5. The van der Waals surface area contributed by atoms with Crippen molar-refractivity contribution < 1.29 is 46.6 Å². The Morgan fingerprint density at radius 3 is 2.07 bits per heavy atom. The van der Waals surface area contributed by atoms with Crippen molar-refractivity contribution in [2.75, 3.05) is 33.1 Å². The Morgan fingerprint density at radius 1 is 0.750 bits per heavy atom. The van der Waals surface area contributed by atoms with Gasteiger partial charge in [-0.15, -0.1) is 0 Å². The Hall–Kier alpha value is -6.76. The molecule has 6 rings (SSSR count). The van der Waals surface area contributed by atoms with Crippen LogP contribution < -0.4 is 5.32 Å². The lowest BCUT2D eigenvalue weighted by Crippen LogP contribution is -2.52. The SMILES string of the molecule is CN(C)C(=O)c1cc(CC(=O)OCC2(C(=O)OCc3ccccc3)c3ccccc3C(=O)N2C)ccc1NC(=O)c1ccccc1-c1ccc(C(F)(F)F)cc1. The standard InChI is InChI=1S/C43H36F3N3O7/c1-48(2)39(52)34-23-28(17-22-36(34)47-38(51)32-14-8-7-13-31(32)29-18-20-30(21-19-29)43(44,45)46)24-37(50)56-26-42(41(54)55-25-27-11-5-4-6-12-27)35-16-10-9-15-33(35)40(53)49(42)3/h4-23H,24-26H2,1-3H3,(H,47,51). The van der Waals surface area contributed by atoms with Crippen molar-refractivity contribution in [3.63, 3.8) is 0 Å². The summed E-state index contributed by atoms with van der Waals surface area (Å²) in [6.07, 6.45) is -4.86. The predicted octanol–water partition coefficient (Wildman–Crippen LogP) is 7.14. The Balaban J connectivity index is 1.22. The van der Waals surface area contributed by atoms with Crippen LogP contribution in [0.2, 0.25) is 0 Å². The van der Waals surface area contributed by atoms with E-state index in [-0.39, 0.29) is 35.4 Å². The first-order valence-corrected chi connectivity index (χ1v) is 17.4. The molecule has 0 saturated carbocycles. The van der Waals surface area contributed by atoms with E-state index in [1.807, 2.05) is 6.07 Å². The fourth-order valence-corrected chi connectivity index (χ4v) is 6.48. The van der Waals surface area contributed by atoms with Crippen molar-refractivity contribution in [1.29, 1.82) is 0 Å². The Morgan fingerprint density at radius 2 is 1.39 bits per heavy atom. The highest BCUT2D eigenvalue weighted by atomic mass is 19.4. The van der Waals surface area contributed by atoms with E-state index >= 15 is 0 Å². The van der Waals surface area contributed by atoms with Crippen LogP contribution in [0, 0.1) is 0 Å². The van der Waals surface area contributed by atoms with E-state index in [9.17, 15) is 37.1 Å². The largest absolute Gasteiger partial charge is 0.462 e. The van der Waals surface area contributed by atoms with Crippen molar-refractivity contribution in [3.8, 4) is 11.1 Å². The number of amides is 3. The molecular formula is C43H36F3N3O7. The first kappa shape index (κ1) is 38.9. The highest BCUT2D eigenvalue weighted by molar-refractivity contribution is 6.12. The zero-order valence-corrected chi connectivity index (χ0v) is 30.6. The third kappa shape index (κ3) is 7.88. The summed E-state index contributed by atoms with van der Waals surface area (Å²) in [5, 5.41) is 2.74. The molecule has 1 N–H and O–H groups in total. The van der Waals surface area contributed by atoms with Gasteiger partial charge in [0.05, 0.1) is 23.2 Å². The molecule has 5 aromatic rings. The molecule has 10 nitrogen and oxygen atoms in total. The molecule has 286 valence electrons. The number of fused-ring (bicyclic) bond motifs is 1. The molecule has 56 heavy (non-hydrogen) atoms. The van der Waals surface area contributed by atoms with Gasteiger partial charge in [0.1, 0.15) is 13.2 Å². The highest BCUT2D eigenvalue weighted by Gasteiger charge is 2.55. The van der Waals surface area contributed by atoms with Crippen molar-refractivity contribution in [3.05, 3.63) is 160 Å². The molecule has 0 bridgehead atoms. The first-order chi connectivity index (χ1) is 26.7. The molecule has 1 heterocycles. The number of halogens is 3. The number of alkyl halides is 3. The van der Waals surface area contributed by atoms with Gasteiger partial charge in [0.2, 0.25) is 5.54 Å². The van der Waals surface area contributed by atoms with Crippen LogP contribution in [0.5, 0.6) is 0 Å².